The second kappa shape index (κ2) is 11.3. The van der Waals surface area contributed by atoms with Gasteiger partial charge < -0.3 is 20.1 Å². The number of carbonyl (C=O) groups excluding carboxylic acids is 2. The molecule has 2 N–H and O–H groups in total. The van der Waals surface area contributed by atoms with Gasteiger partial charge in [0.25, 0.3) is 11.8 Å². The van der Waals surface area contributed by atoms with Crippen molar-refractivity contribution in [3.05, 3.63) is 99.5 Å². The molecule has 4 rings (SSSR count). The molecular formula is C26H24N4O4S. The van der Waals surface area contributed by atoms with Gasteiger partial charge in [-0.15, -0.1) is 10.2 Å². The number of amides is 2. The van der Waals surface area contributed by atoms with E-state index < -0.39 is 0 Å². The summed E-state index contributed by atoms with van der Waals surface area (Å²) < 4.78 is 10.9. The number of nitrogens with zero attached hydrogens (tertiary/aromatic N) is 2. The lowest BCUT2D eigenvalue weighted by atomic mass is 10.1. The van der Waals surface area contributed by atoms with Crippen LogP contribution < -0.4 is 20.1 Å². The molecule has 3 aromatic carbocycles. The standard InChI is InChI=1S/C26H24N4O4S/c1-17-5-3-4-6-22(17)34-16-23-29-30-26(35-23)25(32)28-20-11-9-19(10-12-20)24(31)27-15-18-7-13-21(33-2)14-8-18/h3-14H,15-16H2,1-2H3,(H,27,31)(H,28,32). The normalized spacial score (nSPS) is 10.5. The van der Waals surface area contributed by atoms with Crippen molar-refractivity contribution in [3.8, 4) is 11.5 Å². The predicted molar refractivity (Wildman–Crippen MR) is 134 cm³/mol. The number of para-hydroxylation sites is 1. The number of anilines is 1. The molecule has 0 saturated heterocycles. The summed E-state index contributed by atoms with van der Waals surface area (Å²) >= 11 is 1.17. The van der Waals surface area contributed by atoms with Crippen molar-refractivity contribution >= 4 is 28.8 Å². The van der Waals surface area contributed by atoms with Crippen molar-refractivity contribution in [2.24, 2.45) is 0 Å². The van der Waals surface area contributed by atoms with E-state index in [9.17, 15) is 9.59 Å². The van der Waals surface area contributed by atoms with Crippen LogP contribution in [-0.2, 0) is 13.2 Å². The van der Waals surface area contributed by atoms with Crippen LogP contribution in [0.25, 0.3) is 0 Å². The smallest absolute Gasteiger partial charge is 0.286 e. The van der Waals surface area contributed by atoms with Gasteiger partial charge >= 0.3 is 0 Å². The number of rotatable bonds is 9. The van der Waals surface area contributed by atoms with Crippen LogP contribution in [0.3, 0.4) is 0 Å². The van der Waals surface area contributed by atoms with E-state index in [2.05, 4.69) is 20.8 Å². The van der Waals surface area contributed by atoms with Gasteiger partial charge in [-0.1, -0.05) is 41.7 Å². The molecule has 0 aliphatic heterocycles. The highest BCUT2D eigenvalue weighted by atomic mass is 32.1. The van der Waals surface area contributed by atoms with E-state index in [1.165, 1.54) is 11.3 Å². The average Bonchev–Trinajstić information content (AvgIpc) is 3.37. The van der Waals surface area contributed by atoms with Crippen LogP contribution >= 0.6 is 11.3 Å². The van der Waals surface area contributed by atoms with Crippen molar-refractivity contribution in [2.45, 2.75) is 20.1 Å². The van der Waals surface area contributed by atoms with Gasteiger partial charge in [0, 0.05) is 17.8 Å². The number of carbonyl (C=O) groups is 2. The molecule has 0 radical (unpaired) electrons. The number of hydrogen-bond donors (Lipinski definition) is 2. The molecule has 1 aromatic heterocycles. The number of aromatic nitrogens is 2. The summed E-state index contributed by atoms with van der Waals surface area (Å²) in [6, 6.07) is 21.8. The van der Waals surface area contributed by atoms with E-state index >= 15 is 0 Å². The molecule has 2 amide bonds. The largest absolute Gasteiger partial charge is 0.497 e. The first-order valence-corrected chi connectivity index (χ1v) is 11.7. The number of aryl methyl sites for hydroxylation is 1. The first kappa shape index (κ1) is 23.9. The van der Waals surface area contributed by atoms with Crippen molar-refractivity contribution in [3.63, 3.8) is 0 Å². The third-order valence-electron chi connectivity index (χ3n) is 5.12. The van der Waals surface area contributed by atoms with E-state index in [0.29, 0.717) is 22.8 Å². The first-order chi connectivity index (χ1) is 17.0. The van der Waals surface area contributed by atoms with Crippen molar-refractivity contribution in [2.75, 3.05) is 12.4 Å². The number of hydrogen-bond acceptors (Lipinski definition) is 7. The van der Waals surface area contributed by atoms with Crippen molar-refractivity contribution in [1.82, 2.24) is 15.5 Å². The SMILES string of the molecule is COc1ccc(CNC(=O)c2ccc(NC(=O)c3nnc(COc4ccccc4C)s3)cc2)cc1. The molecule has 0 aliphatic carbocycles. The summed E-state index contributed by atoms with van der Waals surface area (Å²) in [4.78, 5) is 25.0. The average molecular weight is 489 g/mol. The zero-order chi connectivity index (χ0) is 24.6. The van der Waals surface area contributed by atoms with E-state index in [-0.39, 0.29) is 23.4 Å². The molecule has 0 atom stereocenters. The second-order valence-electron chi connectivity index (χ2n) is 7.62. The lowest BCUT2D eigenvalue weighted by Crippen LogP contribution is -2.22. The van der Waals surface area contributed by atoms with Crippen LogP contribution in [0, 0.1) is 6.92 Å². The Morgan fingerprint density at radius 1 is 0.914 bits per heavy atom. The summed E-state index contributed by atoms with van der Waals surface area (Å²) in [5.41, 5.74) is 3.02. The Hall–Kier alpha value is -4.24. The van der Waals surface area contributed by atoms with Gasteiger partial charge in [0.2, 0.25) is 5.01 Å². The maximum Gasteiger partial charge on any atom is 0.286 e. The summed E-state index contributed by atoms with van der Waals surface area (Å²) in [5, 5.41) is 14.5. The Kier molecular flexibility index (Phi) is 7.69. The molecule has 1 heterocycles. The minimum absolute atomic E-state index is 0.207. The number of nitrogens with one attached hydrogen (secondary N) is 2. The van der Waals surface area contributed by atoms with Gasteiger partial charge in [-0.05, 0) is 60.5 Å². The van der Waals surface area contributed by atoms with Gasteiger partial charge in [-0.25, -0.2) is 0 Å². The monoisotopic (exact) mass is 488 g/mol. The fourth-order valence-electron chi connectivity index (χ4n) is 3.18. The molecule has 0 bridgehead atoms. The molecule has 178 valence electrons. The van der Waals surface area contributed by atoms with Gasteiger partial charge in [-0.2, -0.15) is 0 Å². The third-order valence-corrected chi connectivity index (χ3v) is 6.02. The molecule has 9 heteroatoms. The molecule has 0 aliphatic rings. The Balaban J connectivity index is 1.28. The topological polar surface area (TPSA) is 102 Å². The number of ether oxygens (including phenoxy) is 2. The fourth-order valence-corrected chi connectivity index (χ4v) is 3.83. The maximum absolute atomic E-state index is 12.5. The zero-order valence-corrected chi connectivity index (χ0v) is 20.1. The molecule has 8 nitrogen and oxygen atoms in total. The van der Waals surface area contributed by atoms with Crippen LogP contribution in [0.2, 0.25) is 0 Å². The van der Waals surface area contributed by atoms with Crippen LogP contribution in [0.1, 0.15) is 36.3 Å². The second-order valence-corrected chi connectivity index (χ2v) is 8.68. The van der Waals surface area contributed by atoms with Gasteiger partial charge in [0.15, 0.2) is 5.01 Å². The lowest BCUT2D eigenvalue weighted by Gasteiger charge is -2.08. The highest BCUT2D eigenvalue weighted by molar-refractivity contribution is 7.13. The van der Waals surface area contributed by atoms with Gasteiger partial charge in [0.1, 0.15) is 18.1 Å². The van der Waals surface area contributed by atoms with E-state index in [0.717, 1.165) is 22.6 Å². The summed E-state index contributed by atoms with van der Waals surface area (Å²) in [6.07, 6.45) is 0. The minimum Gasteiger partial charge on any atom is -0.497 e. The minimum atomic E-state index is -0.374. The van der Waals surface area contributed by atoms with Crippen LogP contribution in [0.15, 0.2) is 72.8 Å². The molecule has 0 saturated carbocycles. The molecule has 35 heavy (non-hydrogen) atoms. The summed E-state index contributed by atoms with van der Waals surface area (Å²) in [5.74, 6) is 0.947. The zero-order valence-electron chi connectivity index (χ0n) is 19.3. The molecule has 0 fully saturated rings. The van der Waals surface area contributed by atoms with Gasteiger partial charge in [0.05, 0.1) is 7.11 Å². The number of benzene rings is 3. The summed E-state index contributed by atoms with van der Waals surface area (Å²) in [6.45, 7) is 2.59. The van der Waals surface area contributed by atoms with Crippen molar-refractivity contribution in [1.29, 1.82) is 0 Å². The van der Waals surface area contributed by atoms with E-state index in [1.54, 1.807) is 31.4 Å². The Bertz CT molecular complexity index is 1300. The predicted octanol–water partition coefficient (Wildman–Crippen LogP) is 4.62. The third kappa shape index (κ3) is 6.42. The first-order valence-electron chi connectivity index (χ1n) is 10.8. The highest BCUT2D eigenvalue weighted by Gasteiger charge is 2.14. The highest BCUT2D eigenvalue weighted by Crippen LogP contribution is 2.20. The lowest BCUT2D eigenvalue weighted by molar-refractivity contribution is 0.0950. The van der Waals surface area contributed by atoms with Crippen LogP contribution in [-0.4, -0.2) is 29.1 Å². The van der Waals surface area contributed by atoms with Crippen LogP contribution in [0.5, 0.6) is 11.5 Å². The number of methoxy groups -OCH3 is 1. The molecule has 0 unspecified atom stereocenters. The quantitative estimate of drug-likeness (QED) is 0.357. The van der Waals surface area contributed by atoms with Crippen molar-refractivity contribution < 1.29 is 19.1 Å². The Morgan fingerprint density at radius 3 is 2.37 bits per heavy atom. The summed E-state index contributed by atoms with van der Waals surface area (Å²) in [7, 11) is 1.61. The molecular weight excluding hydrogens is 464 g/mol. The Morgan fingerprint density at radius 2 is 1.66 bits per heavy atom. The molecule has 0 spiro atoms. The van der Waals surface area contributed by atoms with Crippen LogP contribution in [0.4, 0.5) is 5.69 Å². The molecule has 4 aromatic rings. The van der Waals surface area contributed by atoms with E-state index in [1.807, 2.05) is 55.5 Å². The maximum atomic E-state index is 12.5. The Labute approximate surface area is 206 Å². The van der Waals surface area contributed by atoms with Gasteiger partial charge in [-0.3, -0.25) is 9.59 Å². The van der Waals surface area contributed by atoms with E-state index in [4.69, 9.17) is 9.47 Å². The fraction of sp³-hybridized carbons (Fsp3) is 0.154.